The van der Waals surface area contributed by atoms with Gasteiger partial charge in [-0.1, -0.05) is 172 Å². The molecule has 10 aromatic rings. The Morgan fingerprint density at radius 2 is 1.04 bits per heavy atom. The Morgan fingerprint density at radius 3 is 1.74 bits per heavy atom. The fraction of sp³-hybridized carbons (Fsp3) is 0.118. The van der Waals surface area contributed by atoms with Crippen molar-refractivity contribution < 1.29 is 9.47 Å². The fourth-order valence-corrected chi connectivity index (χ4v) is 12.4. The molecule has 1 aromatic heterocycles. The summed E-state index contributed by atoms with van der Waals surface area (Å²) in [5.41, 5.74) is 19.8. The number of allylic oxidation sites excluding steroid dienone is 4. The first-order valence-electron chi connectivity index (χ1n) is 25.3. The van der Waals surface area contributed by atoms with E-state index in [0.717, 1.165) is 46.0 Å². The Balaban J connectivity index is 0.898. The van der Waals surface area contributed by atoms with Gasteiger partial charge in [0.15, 0.2) is 6.10 Å². The van der Waals surface area contributed by atoms with Crippen LogP contribution < -0.4 is 14.4 Å². The summed E-state index contributed by atoms with van der Waals surface area (Å²) in [7, 11) is 0. The summed E-state index contributed by atoms with van der Waals surface area (Å²) in [4.78, 5) is 2.53. The minimum atomic E-state index is -0.190. The average Bonchev–Trinajstić information content (AvgIpc) is 4.18. The third-order valence-electron chi connectivity index (χ3n) is 16.0. The monoisotopic (exact) mass is 928 g/mol. The highest BCUT2D eigenvalue weighted by molar-refractivity contribution is 6.11. The highest BCUT2D eigenvalue weighted by atomic mass is 16.5. The third kappa shape index (κ3) is 6.73. The molecule has 4 nitrogen and oxygen atoms in total. The number of fused-ring (bicyclic) bond motifs is 11. The van der Waals surface area contributed by atoms with Crippen LogP contribution in [-0.4, -0.2) is 10.7 Å². The predicted molar refractivity (Wildman–Crippen MR) is 296 cm³/mol. The molecular weight excluding hydrogens is 877 g/mol. The van der Waals surface area contributed by atoms with Gasteiger partial charge in [-0.15, -0.1) is 0 Å². The standard InChI is InChI=1S/C68H52N2O2/c1-43-27-28-46(32-36-64-65(68(43,2)3)54-23-13-15-25-62(54)71-64)47-29-33-59-56(40-47)57-41-48(30-34-60(57)69(59)52-21-11-6-12-22-52)49-31-35-61-58(42-49)67-66(55-24-14-16-26-63(55)72-67)70(61)53-38-50(44-17-7-4-8-18-44)37-51(39-53)45-19-9-5-10-20-45/h4-35,37-42,64-67H,1,36H2,2-3H3/b28-27-,46-32+. The van der Waals surface area contributed by atoms with Crippen LogP contribution >= 0.6 is 0 Å². The zero-order valence-electron chi connectivity index (χ0n) is 40.4. The molecule has 0 N–H and O–H groups in total. The molecule has 3 aliphatic heterocycles. The zero-order chi connectivity index (χ0) is 48.1. The summed E-state index contributed by atoms with van der Waals surface area (Å²) in [6.45, 7) is 9.29. The lowest BCUT2D eigenvalue weighted by atomic mass is 9.68. The van der Waals surface area contributed by atoms with Crippen LogP contribution in [0.15, 0.2) is 243 Å². The Kier molecular flexibility index (Phi) is 9.69. The minimum absolute atomic E-state index is 0.0139. The third-order valence-corrected chi connectivity index (χ3v) is 16.0. The number of ether oxygens (including phenoxy) is 2. The van der Waals surface area contributed by atoms with Crippen LogP contribution in [0.2, 0.25) is 0 Å². The molecule has 4 unspecified atom stereocenters. The Morgan fingerprint density at radius 1 is 0.472 bits per heavy atom. The molecule has 0 radical (unpaired) electrons. The van der Waals surface area contributed by atoms with Crippen molar-refractivity contribution in [2.24, 2.45) is 5.41 Å². The Hall–Kier alpha value is -8.60. The van der Waals surface area contributed by atoms with Gasteiger partial charge < -0.3 is 18.9 Å². The lowest BCUT2D eigenvalue weighted by molar-refractivity contribution is 0.159. The van der Waals surface area contributed by atoms with E-state index in [1.807, 2.05) is 0 Å². The Bertz CT molecular complexity index is 3800. The highest BCUT2D eigenvalue weighted by Gasteiger charge is 2.48. The van der Waals surface area contributed by atoms with Crippen molar-refractivity contribution in [3.05, 3.63) is 265 Å². The molecule has 346 valence electrons. The van der Waals surface area contributed by atoms with Crippen LogP contribution in [0.1, 0.15) is 60.6 Å². The minimum Gasteiger partial charge on any atom is -0.489 e. The first-order chi connectivity index (χ1) is 35.4. The van der Waals surface area contributed by atoms with Crippen molar-refractivity contribution in [2.75, 3.05) is 4.90 Å². The van der Waals surface area contributed by atoms with Gasteiger partial charge in [-0.3, -0.25) is 0 Å². The predicted octanol–water partition coefficient (Wildman–Crippen LogP) is 17.6. The maximum absolute atomic E-state index is 6.99. The van der Waals surface area contributed by atoms with E-state index in [9.17, 15) is 0 Å². The fourth-order valence-electron chi connectivity index (χ4n) is 12.4. The SMILES string of the molecule is C=C1/C=C\C(c2ccc3c(c2)c2cc(-c4ccc5c(c4)C4Oc6ccccc6C4N5c4cc(-c5ccccc5)cc(-c5ccccc5)c4)ccc2n3-c2ccccc2)=C/CC2Oc3ccccc3C2C1(C)C. The summed E-state index contributed by atoms with van der Waals surface area (Å²) >= 11 is 0. The smallest absolute Gasteiger partial charge is 0.151 e. The van der Waals surface area contributed by atoms with E-state index in [-0.39, 0.29) is 29.6 Å². The first-order valence-corrected chi connectivity index (χ1v) is 25.3. The molecule has 4 atom stereocenters. The normalized spacial score (nSPS) is 20.4. The second kappa shape index (κ2) is 16.5. The second-order valence-corrected chi connectivity index (χ2v) is 20.4. The van der Waals surface area contributed by atoms with E-state index in [1.54, 1.807) is 0 Å². The molecule has 0 saturated heterocycles. The molecule has 1 aliphatic carbocycles. The molecule has 4 aliphatic rings. The molecule has 0 bridgehead atoms. The van der Waals surface area contributed by atoms with Crippen LogP contribution in [0.4, 0.5) is 11.4 Å². The van der Waals surface area contributed by atoms with Gasteiger partial charge in [0.1, 0.15) is 23.6 Å². The molecule has 4 heterocycles. The molecule has 0 spiro atoms. The van der Waals surface area contributed by atoms with Gasteiger partial charge in [-0.2, -0.15) is 0 Å². The quantitative estimate of drug-likeness (QED) is 0.166. The van der Waals surface area contributed by atoms with Gasteiger partial charge in [0.2, 0.25) is 0 Å². The summed E-state index contributed by atoms with van der Waals surface area (Å²) in [6, 6.07) is 77.3. The number of anilines is 2. The second-order valence-electron chi connectivity index (χ2n) is 20.4. The lowest BCUT2D eigenvalue weighted by Gasteiger charge is -2.35. The molecule has 0 saturated carbocycles. The van der Waals surface area contributed by atoms with Crippen molar-refractivity contribution in [3.63, 3.8) is 0 Å². The summed E-state index contributed by atoms with van der Waals surface area (Å²) in [6.07, 6.45) is 7.51. The molecule has 14 rings (SSSR count). The number of nitrogens with zero attached hydrogens (tertiary/aromatic N) is 2. The molecule has 4 heteroatoms. The molecular formula is C68H52N2O2. The molecule has 0 amide bonds. The number of rotatable bonds is 6. The van der Waals surface area contributed by atoms with Gasteiger partial charge in [0.05, 0.1) is 11.0 Å². The number of hydrogen-bond donors (Lipinski definition) is 0. The van der Waals surface area contributed by atoms with E-state index < -0.39 is 0 Å². The van der Waals surface area contributed by atoms with Gasteiger partial charge >= 0.3 is 0 Å². The maximum atomic E-state index is 6.99. The number of benzene rings is 9. The average molecular weight is 929 g/mol. The van der Waals surface area contributed by atoms with Crippen molar-refractivity contribution in [1.29, 1.82) is 0 Å². The van der Waals surface area contributed by atoms with Crippen molar-refractivity contribution in [3.8, 4) is 50.6 Å². The van der Waals surface area contributed by atoms with Gasteiger partial charge in [0.25, 0.3) is 0 Å². The Labute approximate surface area is 421 Å². The van der Waals surface area contributed by atoms with E-state index >= 15 is 0 Å². The number of aromatic nitrogens is 1. The van der Waals surface area contributed by atoms with E-state index in [2.05, 4.69) is 260 Å². The lowest BCUT2D eigenvalue weighted by Crippen LogP contribution is -2.31. The maximum Gasteiger partial charge on any atom is 0.151 e. The molecule has 72 heavy (non-hydrogen) atoms. The topological polar surface area (TPSA) is 26.6 Å². The van der Waals surface area contributed by atoms with Crippen LogP contribution in [0.3, 0.4) is 0 Å². The van der Waals surface area contributed by atoms with Crippen molar-refractivity contribution >= 4 is 38.8 Å². The van der Waals surface area contributed by atoms with Crippen molar-refractivity contribution in [2.45, 2.75) is 44.4 Å². The van der Waals surface area contributed by atoms with Gasteiger partial charge in [-0.25, -0.2) is 0 Å². The van der Waals surface area contributed by atoms with Gasteiger partial charge in [0, 0.05) is 56.9 Å². The van der Waals surface area contributed by atoms with Crippen LogP contribution in [-0.2, 0) is 0 Å². The number of hydrogen-bond acceptors (Lipinski definition) is 3. The summed E-state index contributed by atoms with van der Waals surface area (Å²) in [5, 5.41) is 2.41. The van der Waals surface area contributed by atoms with Crippen LogP contribution in [0.5, 0.6) is 11.5 Å². The number of para-hydroxylation sites is 3. The van der Waals surface area contributed by atoms with E-state index in [4.69, 9.17) is 9.47 Å². The first kappa shape index (κ1) is 42.3. The zero-order valence-corrected chi connectivity index (χ0v) is 40.4. The molecule has 9 aromatic carbocycles. The molecule has 0 fully saturated rings. The van der Waals surface area contributed by atoms with Crippen LogP contribution in [0, 0.1) is 5.41 Å². The van der Waals surface area contributed by atoms with Crippen molar-refractivity contribution in [1.82, 2.24) is 4.57 Å². The largest absolute Gasteiger partial charge is 0.489 e. The van der Waals surface area contributed by atoms with E-state index in [1.165, 1.54) is 77.6 Å². The highest BCUT2D eigenvalue weighted by Crippen LogP contribution is 2.60. The summed E-state index contributed by atoms with van der Waals surface area (Å²) in [5.74, 6) is 2.14. The van der Waals surface area contributed by atoms with E-state index in [0.29, 0.717) is 0 Å². The van der Waals surface area contributed by atoms with Crippen LogP contribution in [0.25, 0.3) is 66.4 Å². The van der Waals surface area contributed by atoms with Gasteiger partial charge in [-0.05, 0) is 134 Å². The summed E-state index contributed by atoms with van der Waals surface area (Å²) < 4.78 is 16.1.